The molecule has 0 saturated heterocycles. The van der Waals surface area contributed by atoms with Crippen molar-refractivity contribution in [1.29, 1.82) is 0 Å². The minimum absolute atomic E-state index is 0.000169. The Morgan fingerprint density at radius 1 is 1.08 bits per heavy atom. The molecule has 1 aliphatic heterocycles. The summed E-state index contributed by atoms with van der Waals surface area (Å²) < 4.78 is 51.5. The highest BCUT2D eigenvalue weighted by Crippen LogP contribution is 2.43. The van der Waals surface area contributed by atoms with Gasteiger partial charge in [-0.15, -0.1) is 11.3 Å². The predicted octanol–water partition coefficient (Wildman–Crippen LogP) is 5.05. The first-order chi connectivity index (χ1) is 17.3. The second kappa shape index (κ2) is 11.1. The molecule has 1 N–H and O–H groups in total. The van der Waals surface area contributed by atoms with E-state index in [0.29, 0.717) is 40.5 Å². The molecular formula is C26H25F3N2O4S. The maximum absolute atomic E-state index is 13.6. The van der Waals surface area contributed by atoms with Gasteiger partial charge in [-0.1, -0.05) is 30.3 Å². The van der Waals surface area contributed by atoms with Crippen molar-refractivity contribution in [3.8, 4) is 16.9 Å². The van der Waals surface area contributed by atoms with Crippen molar-refractivity contribution in [2.45, 2.75) is 26.1 Å². The Morgan fingerprint density at radius 3 is 2.58 bits per heavy atom. The molecule has 0 unspecified atom stereocenters. The molecular weight excluding hydrogens is 493 g/mol. The first-order valence-corrected chi connectivity index (χ1v) is 12.3. The normalized spacial score (nSPS) is 12.9. The first-order valence-electron chi connectivity index (χ1n) is 11.4. The summed E-state index contributed by atoms with van der Waals surface area (Å²) in [6.45, 7) is 2.45. The Hall–Kier alpha value is -3.37. The van der Waals surface area contributed by atoms with Crippen LogP contribution >= 0.6 is 11.3 Å². The van der Waals surface area contributed by atoms with Crippen molar-refractivity contribution in [2.24, 2.45) is 0 Å². The minimum atomic E-state index is -4.46. The van der Waals surface area contributed by atoms with Crippen LogP contribution in [0.2, 0.25) is 0 Å². The molecule has 10 heteroatoms. The topological polar surface area (TPSA) is 67.9 Å². The summed E-state index contributed by atoms with van der Waals surface area (Å²) in [7, 11) is 0. The van der Waals surface area contributed by atoms with E-state index in [1.54, 1.807) is 54.3 Å². The second-order valence-electron chi connectivity index (χ2n) is 8.10. The Morgan fingerprint density at radius 2 is 1.86 bits per heavy atom. The highest BCUT2D eigenvalue weighted by atomic mass is 32.1. The number of hydrogen-bond donors (Lipinski definition) is 1. The summed E-state index contributed by atoms with van der Waals surface area (Å²) in [5, 5.41) is 2.79. The zero-order valence-electron chi connectivity index (χ0n) is 19.6. The molecule has 6 nitrogen and oxygen atoms in total. The van der Waals surface area contributed by atoms with E-state index in [1.165, 1.54) is 6.07 Å². The molecule has 1 aliphatic rings. The van der Waals surface area contributed by atoms with Crippen LogP contribution in [-0.2, 0) is 33.5 Å². The number of hydrogen-bond acceptors (Lipinski definition) is 6. The van der Waals surface area contributed by atoms with Gasteiger partial charge in [0, 0.05) is 22.7 Å². The number of nitrogens with one attached hydrogen (secondary N) is 1. The average molecular weight is 519 g/mol. The van der Waals surface area contributed by atoms with Crippen LogP contribution in [-0.4, -0.2) is 38.1 Å². The predicted molar refractivity (Wildman–Crippen MR) is 131 cm³/mol. The quantitative estimate of drug-likeness (QED) is 0.402. The van der Waals surface area contributed by atoms with Crippen LogP contribution in [0.1, 0.15) is 22.2 Å². The first kappa shape index (κ1) is 25.7. The fourth-order valence-electron chi connectivity index (χ4n) is 4.02. The molecule has 0 fully saturated rings. The Kier molecular flexibility index (Phi) is 7.95. The number of anilines is 1. The number of halogens is 3. The molecule has 1 aromatic heterocycles. The second-order valence-corrected chi connectivity index (χ2v) is 9.24. The van der Waals surface area contributed by atoms with E-state index in [2.05, 4.69) is 5.32 Å². The molecule has 2 aromatic carbocycles. The molecule has 3 aromatic rings. The Labute approximate surface area is 210 Å². The number of esters is 1. The van der Waals surface area contributed by atoms with Crippen molar-refractivity contribution in [1.82, 2.24) is 5.32 Å². The summed E-state index contributed by atoms with van der Waals surface area (Å²) >= 11 is 0.680. The zero-order valence-corrected chi connectivity index (χ0v) is 20.4. The SMILES string of the molecule is CCOC(=O)CNCC(=O)N1CCc2cc(OCc3cc(-c4ccccc4)c(C(F)(F)F)s3)ccc21. The van der Waals surface area contributed by atoms with Gasteiger partial charge in [0.2, 0.25) is 5.91 Å². The molecule has 0 atom stereocenters. The lowest BCUT2D eigenvalue weighted by Crippen LogP contribution is -2.39. The van der Waals surface area contributed by atoms with Crippen molar-refractivity contribution >= 4 is 28.9 Å². The van der Waals surface area contributed by atoms with E-state index >= 15 is 0 Å². The third-order valence-corrected chi connectivity index (χ3v) is 6.76. The van der Waals surface area contributed by atoms with Gasteiger partial charge >= 0.3 is 12.1 Å². The van der Waals surface area contributed by atoms with Crippen LogP contribution in [0.4, 0.5) is 18.9 Å². The van der Waals surface area contributed by atoms with E-state index in [9.17, 15) is 22.8 Å². The number of amides is 1. The highest BCUT2D eigenvalue weighted by molar-refractivity contribution is 7.12. The number of nitrogens with zero attached hydrogens (tertiary/aromatic N) is 1. The Balaban J connectivity index is 1.40. The van der Waals surface area contributed by atoms with Gasteiger partial charge < -0.3 is 14.4 Å². The summed E-state index contributed by atoms with van der Waals surface area (Å²) in [6, 6.07) is 15.3. The van der Waals surface area contributed by atoms with Gasteiger partial charge in [-0.05, 0) is 48.7 Å². The monoisotopic (exact) mass is 518 g/mol. The van der Waals surface area contributed by atoms with Crippen LogP contribution < -0.4 is 15.0 Å². The number of carbonyl (C=O) groups is 2. The molecule has 2 heterocycles. The maximum atomic E-state index is 13.6. The van der Waals surface area contributed by atoms with E-state index < -0.39 is 17.0 Å². The summed E-state index contributed by atoms with van der Waals surface area (Å²) in [5.74, 6) is -0.0666. The van der Waals surface area contributed by atoms with Crippen molar-refractivity contribution in [3.05, 3.63) is 69.9 Å². The number of benzene rings is 2. The van der Waals surface area contributed by atoms with Gasteiger partial charge in [0.25, 0.3) is 0 Å². The Bertz CT molecular complexity index is 1230. The molecule has 4 rings (SSSR count). The number of ether oxygens (including phenoxy) is 2. The largest absolute Gasteiger partial charge is 0.488 e. The number of thiophene rings is 1. The van der Waals surface area contributed by atoms with Gasteiger partial charge in [0.1, 0.15) is 17.2 Å². The van der Waals surface area contributed by atoms with E-state index in [0.717, 1.165) is 11.3 Å². The van der Waals surface area contributed by atoms with Crippen molar-refractivity contribution in [3.63, 3.8) is 0 Å². The van der Waals surface area contributed by atoms with Crippen molar-refractivity contribution in [2.75, 3.05) is 31.1 Å². The minimum Gasteiger partial charge on any atom is -0.488 e. The third-order valence-electron chi connectivity index (χ3n) is 5.60. The van der Waals surface area contributed by atoms with E-state index in [4.69, 9.17) is 9.47 Å². The van der Waals surface area contributed by atoms with Crippen LogP contribution in [0.5, 0.6) is 5.75 Å². The van der Waals surface area contributed by atoms with Crippen molar-refractivity contribution < 1.29 is 32.2 Å². The number of alkyl halides is 3. The molecule has 0 saturated carbocycles. The number of rotatable bonds is 9. The molecule has 36 heavy (non-hydrogen) atoms. The summed E-state index contributed by atoms with van der Waals surface area (Å²) in [6.07, 6.45) is -3.83. The van der Waals surface area contributed by atoms with Crippen LogP contribution in [0, 0.1) is 0 Å². The third kappa shape index (κ3) is 6.06. The lowest BCUT2D eigenvalue weighted by Gasteiger charge is -2.18. The fourth-order valence-corrected chi connectivity index (χ4v) is 4.98. The van der Waals surface area contributed by atoms with Crippen LogP contribution in [0.3, 0.4) is 0 Å². The molecule has 0 aliphatic carbocycles. The summed E-state index contributed by atoms with van der Waals surface area (Å²) in [4.78, 5) is 25.4. The molecule has 0 bridgehead atoms. The average Bonchev–Trinajstić information content (AvgIpc) is 3.48. The van der Waals surface area contributed by atoms with Gasteiger partial charge in [-0.2, -0.15) is 13.2 Å². The van der Waals surface area contributed by atoms with Gasteiger partial charge in [0.05, 0.1) is 19.7 Å². The highest BCUT2D eigenvalue weighted by Gasteiger charge is 2.36. The number of carbonyl (C=O) groups excluding carboxylic acids is 2. The lowest BCUT2D eigenvalue weighted by atomic mass is 10.1. The zero-order chi connectivity index (χ0) is 25.7. The summed E-state index contributed by atoms with van der Waals surface area (Å²) in [5.41, 5.74) is 2.32. The van der Waals surface area contributed by atoms with E-state index in [1.807, 2.05) is 6.07 Å². The molecule has 0 spiro atoms. The fraction of sp³-hybridized carbons (Fsp3) is 0.308. The van der Waals surface area contributed by atoms with E-state index in [-0.39, 0.29) is 37.8 Å². The molecule has 0 radical (unpaired) electrons. The van der Waals surface area contributed by atoms with Gasteiger partial charge in [-0.3, -0.25) is 14.9 Å². The van der Waals surface area contributed by atoms with Crippen LogP contribution in [0.25, 0.3) is 11.1 Å². The van der Waals surface area contributed by atoms with Gasteiger partial charge in [-0.25, -0.2) is 0 Å². The lowest BCUT2D eigenvalue weighted by molar-refractivity contribution is -0.142. The van der Waals surface area contributed by atoms with Crippen LogP contribution in [0.15, 0.2) is 54.6 Å². The molecule has 1 amide bonds. The standard InChI is InChI=1S/C26H25F3N2O4S/c1-2-34-24(33)15-30-14-23(32)31-11-10-18-12-19(8-9-22(18)31)35-16-20-13-21(17-6-4-3-5-7-17)25(36-20)26(27,28)29/h3-9,12-13,30H,2,10-11,14-16H2,1H3. The van der Waals surface area contributed by atoms with Gasteiger partial charge in [0.15, 0.2) is 0 Å². The number of fused-ring (bicyclic) bond motifs is 1. The molecule has 190 valence electrons. The maximum Gasteiger partial charge on any atom is 0.426 e. The smallest absolute Gasteiger partial charge is 0.426 e.